The van der Waals surface area contributed by atoms with E-state index in [0.29, 0.717) is 27.1 Å². The number of nitrogens with one attached hydrogen (secondary N) is 1. The number of benzene rings is 2. The van der Waals surface area contributed by atoms with Crippen molar-refractivity contribution in [1.29, 1.82) is 0 Å². The van der Waals surface area contributed by atoms with E-state index in [0.717, 1.165) is 11.3 Å². The van der Waals surface area contributed by atoms with Crippen LogP contribution in [0.2, 0.25) is 15.1 Å². The van der Waals surface area contributed by atoms with Crippen LogP contribution in [-0.4, -0.2) is 11.6 Å². The van der Waals surface area contributed by atoms with Gasteiger partial charge in [0.15, 0.2) is 0 Å². The number of nitrogens with zero attached hydrogens (tertiary/aromatic N) is 1. The average molecular weight is 356 g/mol. The first-order chi connectivity index (χ1) is 10.5. The maximum Gasteiger partial charge on any atom is 0.271 e. The molecule has 0 aromatic heterocycles. The van der Waals surface area contributed by atoms with Crippen molar-refractivity contribution in [3.05, 3.63) is 68.7 Å². The van der Waals surface area contributed by atoms with Gasteiger partial charge in [-0.15, -0.1) is 0 Å². The Hall–Kier alpha value is -1.55. The van der Waals surface area contributed by atoms with Gasteiger partial charge in [-0.2, -0.15) is 5.10 Å². The van der Waals surface area contributed by atoms with E-state index >= 15 is 0 Å². The standard InChI is InChI=1S/C16H13Cl3N2O/c1-2-15(10-3-6-12(17)7-4-10)20-21-16(22)11-5-8-13(18)14(19)9-11/h3-9H,2H2,1H3,(H,21,22)/b20-15+. The Balaban J connectivity index is 2.15. The molecule has 0 radical (unpaired) electrons. The lowest BCUT2D eigenvalue weighted by atomic mass is 10.1. The van der Waals surface area contributed by atoms with Crippen LogP contribution in [0.1, 0.15) is 29.3 Å². The van der Waals surface area contributed by atoms with Crippen LogP contribution < -0.4 is 5.43 Å². The lowest BCUT2D eigenvalue weighted by Gasteiger charge is -2.06. The molecule has 0 heterocycles. The second kappa shape index (κ2) is 7.63. The van der Waals surface area contributed by atoms with Crippen molar-refractivity contribution < 1.29 is 4.79 Å². The number of halogens is 3. The second-order valence-electron chi connectivity index (χ2n) is 4.49. The maximum atomic E-state index is 12.1. The first kappa shape index (κ1) is 16.8. The number of hydrogen-bond acceptors (Lipinski definition) is 2. The number of amides is 1. The molecule has 1 N–H and O–H groups in total. The molecule has 22 heavy (non-hydrogen) atoms. The quantitative estimate of drug-likeness (QED) is 0.595. The molecule has 0 saturated carbocycles. The van der Waals surface area contributed by atoms with Crippen molar-refractivity contribution >= 4 is 46.4 Å². The third kappa shape index (κ3) is 4.23. The SMILES string of the molecule is CC/C(=N\NC(=O)c1ccc(Cl)c(Cl)c1)c1ccc(Cl)cc1. The number of hydrazone groups is 1. The van der Waals surface area contributed by atoms with Gasteiger partial charge in [0.1, 0.15) is 0 Å². The highest BCUT2D eigenvalue weighted by Crippen LogP contribution is 2.22. The van der Waals surface area contributed by atoms with Gasteiger partial charge in [0, 0.05) is 10.6 Å². The Morgan fingerprint density at radius 1 is 1.00 bits per heavy atom. The molecular weight excluding hydrogens is 343 g/mol. The minimum atomic E-state index is -0.349. The molecule has 2 aromatic carbocycles. The molecule has 3 nitrogen and oxygen atoms in total. The Kier molecular flexibility index (Phi) is 5.83. The zero-order valence-corrected chi connectivity index (χ0v) is 14.0. The fraction of sp³-hybridized carbons (Fsp3) is 0.125. The molecule has 114 valence electrons. The first-order valence-corrected chi connectivity index (χ1v) is 7.72. The summed E-state index contributed by atoms with van der Waals surface area (Å²) in [6, 6.07) is 11.9. The van der Waals surface area contributed by atoms with Crippen LogP contribution >= 0.6 is 34.8 Å². The van der Waals surface area contributed by atoms with E-state index in [-0.39, 0.29) is 5.91 Å². The van der Waals surface area contributed by atoms with Crippen LogP contribution in [0.5, 0.6) is 0 Å². The molecule has 0 aliphatic rings. The van der Waals surface area contributed by atoms with Crippen LogP contribution in [0, 0.1) is 0 Å². The molecule has 0 atom stereocenters. The fourth-order valence-electron chi connectivity index (χ4n) is 1.81. The van der Waals surface area contributed by atoms with Crippen LogP contribution in [-0.2, 0) is 0 Å². The summed E-state index contributed by atoms with van der Waals surface area (Å²) >= 11 is 17.6. The highest BCUT2D eigenvalue weighted by atomic mass is 35.5. The highest BCUT2D eigenvalue weighted by molar-refractivity contribution is 6.42. The third-order valence-electron chi connectivity index (χ3n) is 2.99. The molecule has 0 spiro atoms. The normalized spacial score (nSPS) is 11.4. The van der Waals surface area contributed by atoms with Gasteiger partial charge in [0.2, 0.25) is 0 Å². The van der Waals surface area contributed by atoms with Crippen molar-refractivity contribution in [2.75, 3.05) is 0 Å². The van der Waals surface area contributed by atoms with Crippen molar-refractivity contribution in [1.82, 2.24) is 5.43 Å². The Bertz CT molecular complexity index is 712. The molecule has 0 bridgehead atoms. The zero-order valence-electron chi connectivity index (χ0n) is 11.7. The van der Waals surface area contributed by atoms with Gasteiger partial charge in [-0.05, 0) is 42.3 Å². The number of carbonyl (C=O) groups excluding carboxylic acids is 1. The first-order valence-electron chi connectivity index (χ1n) is 6.59. The molecule has 0 fully saturated rings. The lowest BCUT2D eigenvalue weighted by molar-refractivity contribution is 0.0955. The van der Waals surface area contributed by atoms with Crippen molar-refractivity contribution in [2.24, 2.45) is 5.10 Å². The maximum absolute atomic E-state index is 12.1. The summed E-state index contributed by atoms with van der Waals surface area (Å²) in [7, 11) is 0. The molecule has 2 rings (SSSR count). The second-order valence-corrected chi connectivity index (χ2v) is 5.74. The Labute approximate surface area is 143 Å². The van der Waals surface area contributed by atoms with Crippen LogP contribution in [0.3, 0.4) is 0 Å². The molecule has 0 saturated heterocycles. The van der Waals surface area contributed by atoms with E-state index in [1.807, 2.05) is 19.1 Å². The predicted octanol–water partition coefficient (Wildman–Crippen LogP) is 5.19. The lowest BCUT2D eigenvalue weighted by Crippen LogP contribution is -2.20. The monoisotopic (exact) mass is 354 g/mol. The van der Waals surface area contributed by atoms with Gasteiger partial charge in [-0.25, -0.2) is 5.43 Å². The van der Waals surface area contributed by atoms with Gasteiger partial charge in [0.25, 0.3) is 5.91 Å². The number of hydrogen-bond donors (Lipinski definition) is 1. The summed E-state index contributed by atoms with van der Waals surface area (Å²) < 4.78 is 0. The van der Waals surface area contributed by atoms with E-state index in [1.54, 1.807) is 24.3 Å². The molecule has 0 aliphatic carbocycles. The van der Waals surface area contributed by atoms with E-state index < -0.39 is 0 Å². The molecular formula is C16H13Cl3N2O. The van der Waals surface area contributed by atoms with Crippen LogP contribution in [0.15, 0.2) is 47.6 Å². The van der Waals surface area contributed by atoms with Gasteiger partial charge in [-0.3, -0.25) is 4.79 Å². The minimum absolute atomic E-state index is 0.326. The summed E-state index contributed by atoms with van der Waals surface area (Å²) in [5.41, 5.74) is 4.58. The Morgan fingerprint density at radius 2 is 1.64 bits per heavy atom. The van der Waals surface area contributed by atoms with E-state index in [2.05, 4.69) is 10.5 Å². The highest BCUT2D eigenvalue weighted by Gasteiger charge is 2.08. The largest absolute Gasteiger partial charge is 0.271 e. The fourth-order valence-corrected chi connectivity index (χ4v) is 2.23. The van der Waals surface area contributed by atoms with E-state index in [4.69, 9.17) is 34.8 Å². The number of carbonyl (C=O) groups is 1. The summed E-state index contributed by atoms with van der Waals surface area (Å²) in [5.74, 6) is -0.349. The van der Waals surface area contributed by atoms with Crippen LogP contribution in [0.4, 0.5) is 0 Å². The van der Waals surface area contributed by atoms with Gasteiger partial charge in [0.05, 0.1) is 15.8 Å². The molecule has 2 aromatic rings. The molecule has 0 unspecified atom stereocenters. The van der Waals surface area contributed by atoms with Gasteiger partial charge < -0.3 is 0 Å². The van der Waals surface area contributed by atoms with Gasteiger partial charge in [-0.1, -0.05) is 53.9 Å². The van der Waals surface area contributed by atoms with Crippen molar-refractivity contribution in [2.45, 2.75) is 13.3 Å². The summed E-state index contributed by atoms with van der Waals surface area (Å²) in [5, 5.41) is 5.55. The molecule has 0 aliphatic heterocycles. The minimum Gasteiger partial charge on any atom is -0.267 e. The van der Waals surface area contributed by atoms with Crippen molar-refractivity contribution in [3.63, 3.8) is 0 Å². The van der Waals surface area contributed by atoms with Crippen LogP contribution in [0.25, 0.3) is 0 Å². The number of rotatable bonds is 4. The topological polar surface area (TPSA) is 41.5 Å². The zero-order chi connectivity index (χ0) is 16.1. The predicted molar refractivity (Wildman–Crippen MR) is 92.2 cm³/mol. The molecule has 1 amide bonds. The Morgan fingerprint density at radius 3 is 2.23 bits per heavy atom. The van der Waals surface area contributed by atoms with E-state index in [9.17, 15) is 4.79 Å². The average Bonchev–Trinajstić information content (AvgIpc) is 2.52. The van der Waals surface area contributed by atoms with Crippen molar-refractivity contribution in [3.8, 4) is 0 Å². The summed E-state index contributed by atoms with van der Waals surface area (Å²) in [6.45, 7) is 1.96. The van der Waals surface area contributed by atoms with E-state index in [1.165, 1.54) is 6.07 Å². The van der Waals surface area contributed by atoms with Gasteiger partial charge >= 0.3 is 0 Å². The summed E-state index contributed by atoms with van der Waals surface area (Å²) in [4.78, 5) is 12.1. The summed E-state index contributed by atoms with van der Waals surface area (Å²) in [6.07, 6.45) is 0.670. The molecule has 6 heteroatoms. The smallest absolute Gasteiger partial charge is 0.267 e. The third-order valence-corrected chi connectivity index (χ3v) is 3.98.